The van der Waals surface area contributed by atoms with E-state index in [1.807, 2.05) is 50.5 Å². The lowest BCUT2D eigenvalue weighted by atomic mass is 10.0. The fourth-order valence-electron chi connectivity index (χ4n) is 3.56. The third-order valence-corrected chi connectivity index (χ3v) is 5.10. The van der Waals surface area contributed by atoms with Gasteiger partial charge in [-0.05, 0) is 25.5 Å². The zero-order valence-electron chi connectivity index (χ0n) is 17.3. The normalized spacial score (nSPS) is 13.9. The van der Waals surface area contributed by atoms with E-state index in [0.29, 0.717) is 38.6 Å². The fourth-order valence-corrected chi connectivity index (χ4v) is 3.56. The minimum Gasteiger partial charge on any atom is -0.450 e. The molecule has 7 nitrogen and oxygen atoms in total. The highest BCUT2D eigenvalue weighted by Crippen LogP contribution is 2.26. The van der Waals surface area contributed by atoms with Crippen molar-refractivity contribution in [2.75, 3.05) is 37.7 Å². The zero-order valence-corrected chi connectivity index (χ0v) is 17.3. The first-order valence-corrected chi connectivity index (χ1v) is 10.2. The number of hydrogen-bond donors (Lipinski definition) is 0. The number of carbonyl (C=O) groups is 1. The van der Waals surface area contributed by atoms with Crippen molar-refractivity contribution in [1.29, 1.82) is 0 Å². The molecule has 0 unspecified atom stereocenters. The summed E-state index contributed by atoms with van der Waals surface area (Å²) in [5.74, 6) is 1.58. The van der Waals surface area contributed by atoms with Crippen LogP contribution in [0.4, 0.5) is 10.6 Å². The third kappa shape index (κ3) is 4.40. The van der Waals surface area contributed by atoms with Crippen LogP contribution in [0, 0.1) is 6.92 Å². The van der Waals surface area contributed by atoms with Gasteiger partial charge in [-0.1, -0.05) is 30.3 Å². The molecule has 1 aromatic carbocycles. The van der Waals surface area contributed by atoms with Gasteiger partial charge in [0.1, 0.15) is 11.6 Å². The minimum atomic E-state index is -0.250. The molecule has 154 valence electrons. The van der Waals surface area contributed by atoms with Gasteiger partial charge in [0.15, 0.2) is 0 Å². The first kappa shape index (κ1) is 19.8. The number of benzene rings is 1. The van der Waals surface area contributed by atoms with Crippen molar-refractivity contribution in [3.8, 4) is 22.4 Å². The summed E-state index contributed by atoms with van der Waals surface area (Å²) < 4.78 is 5.10. The van der Waals surface area contributed by atoms with Crippen LogP contribution < -0.4 is 4.90 Å². The first-order valence-electron chi connectivity index (χ1n) is 10.2. The summed E-state index contributed by atoms with van der Waals surface area (Å²) in [6.07, 6.45) is 3.44. The summed E-state index contributed by atoms with van der Waals surface area (Å²) in [5.41, 5.74) is 3.96. The van der Waals surface area contributed by atoms with Gasteiger partial charge in [-0.3, -0.25) is 4.98 Å². The monoisotopic (exact) mass is 403 g/mol. The van der Waals surface area contributed by atoms with Gasteiger partial charge in [0, 0.05) is 55.8 Å². The fraction of sp³-hybridized carbons (Fsp3) is 0.304. The molecule has 0 N–H and O–H groups in total. The summed E-state index contributed by atoms with van der Waals surface area (Å²) in [4.78, 5) is 29.5. The zero-order chi connectivity index (χ0) is 20.9. The quantitative estimate of drug-likeness (QED) is 0.660. The van der Waals surface area contributed by atoms with Gasteiger partial charge in [-0.2, -0.15) is 0 Å². The molecule has 30 heavy (non-hydrogen) atoms. The summed E-state index contributed by atoms with van der Waals surface area (Å²) >= 11 is 0. The number of rotatable bonds is 4. The minimum absolute atomic E-state index is 0.250. The number of anilines is 1. The van der Waals surface area contributed by atoms with Gasteiger partial charge in [-0.25, -0.2) is 14.8 Å². The number of hydrogen-bond acceptors (Lipinski definition) is 6. The molecule has 1 saturated heterocycles. The van der Waals surface area contributed by atoms with Crippen molar-refractivity contribution >= 4 is 11.9 Å². The van der Waals surface area contributed by atoms with E-state index in [4.69, 9.17) is 4.74 Å². The van der Waals surface area contributed by atoms with Crippen LogP contribution in [-0.2, 0) is 4.74 Å². The van der Waals surface area contributed by atoms with Crippen molar-refractivity contribution in [2.24, 2.45) is 0 Å². The molecule has 0 spiro atoms. The summed E-state index contributed by atoms with van der Waals surface area (Å²) in [5, 5.41) is 0. The van der Waals surface area contributed by atoms with E-state index >= 15 is 0 Å². The summed E-state index contributed by atoms with van der Waals surface area (Å²) in [7, 11) is 0. The second-order valence-corrected chi connectivity index (χ2v) is 7.16. The molecule has 0 aliphatic carbocycles. The van der Waals surface area contributed by atoms with Crippen LogP contribution in [0.15, 0.2) is 54.9 Å². The molecule has 1 fully saturated rings. The van der Waals surface area contributed by atoms with Gasteiger partial charge in [0.25, 0.3) is 0 Å². The van der Waals surface area contributed by atoms with Gasteiger partial charge in [-0.15, -0.1) is 0 Å². The Labute approximate surface area is 176 Å². The summed E-state index contributed by atoms with van der Waals surface area (Å²) in [6.45, 7) is 6.75. The molecule has 3 aromatic rings. The summed E-state index contributed by atoms with van der Waals surface area (Å²) in [6, 6.07) is 14.3. The van der Waals surface area contributed by atoms with Crippen LogP contribution in [0.25, 0.3) is 22.4 Å². The standard InChI is InChI=1S/C23H25N5O2/c1-3-30-23(29)28-11-9-27(10-12-28)22-14-21(25-17(2)26-22)20-13-19(15-24-16-20)18-7-5-4-6-8-18/h4-8,13-16H,3,9-12H2,1-2H3. The Kier molecular flexibility index (Phi) is 5.88. The molecule has 3 heterocycles. The maximum absolute atomic E-state index is 11.9. The number of pyridine rings is 1. The second kappa shape index (κ2) is 8.90. The second-order valence-electron chi connectivity index (χ2n) is 7.16. The lowest BCUT2D eigenvalue weighted by Gasteiger charge is -2.34. The Bertz CT molecular complexity index is 1020. The molecule has 2 aromatic heterocycles. The van der Waals surface area contributed by atoms with Gasteiger partial charge in [0.05, 0.1) is 12.3 Å². The Morgan fingerprint density at radius 2 is 1.70 bits per heavy atom. The third-order valence-electron chi connectivity index (χ3n) is 5.10. The molecule has 1 aliphatic rings. The number of ether oxygens (including phenoxy) is 1. The van der Waals surface area contributed by atoms with Crippen LogP contribution in [0.1, 0.15) is 12.7 Å². The topological polar surface area (TPSA) is 71.5 Å². The average Bonchev–Trinajstić information content (AvgIpc) is 2.79. The van der Waals surface area contributed by atoms with Crippen LogP contribution >= 0.6 is 0 Å². The largest absolute Gasteiger partial charge is 0.450 e. The van der Waals surface area contributed by atoms with E-state index in [1.165, 1.54) is 0 Å². The van der Waals surface area contributed by atoms with Crippen LogP contribution in [0.3, 0.4) is 0 Å². The molecular formula is C23H25N5O2. The Balaban J connectivity index is 1.56. The number of aromatic nitrogens is 3. The number of carbonyl (C=O) groups excluding carboxylic acids is 1. The van der Waals surface area contributed by atoms with Crippen LogP contribution in [-0.4, -0.2) is 58.7 Å². The molecule has 0 radical (unpaired) electrons. The van der Waals surface area contributed by atoms with E-state index in [9.17, 15) is 4.79 Å². The number of aryl methyl sites for hydroxylation is 1. The van der Waals surface area contributed by atoms with Crippen molar-refractivity contribution in [3.63, 3.8) is 0 Å². The molecule has 0 saturated carbocycles. The molecule has 0 atom stereocenters. The molecule has 0 bridgehead atoms. The lowest BCUT2D eigenvalue weighted by molar-refractivity contribution is 0.105. The highest BCUT2D eigenvalue weighted by Gasteiger charge is 2.23. The smallest absolute Gasteiger partial charge is 0.409 e. The number of nitrogens with zero attached hydrogens (tertiary/aromatic N) is 5. The maximum atomic E-state index is 11.9. The molecular weight excluding hydrogens is 378 g/mol. The molecule has 4 rings (SSSR count). The molecule has 1 amide bonds. The van der Waals surface area contributed by atoms with Crippen molar-refractivity contribution < 1.29 is 9.53 Å². The highest BCUT2D eigenvalue weighted by atomic mass is 16.6. The van der Waals surface area contributed by atoms with E-state index in [-0.39, 0.29) is 6.09 Å². The van der Waals surface area contributed by atoms with E-state index < -0.39 is 0 Å². The Morgan fingerprint density at radius 3 is 2.43 bits per heavy atom. The van der Waals surface area contributed by atoms with Crippen LogP contribution in [0.5, 0.6) is 0 Å². The van der Waals surface area contributed by atoms with E-state index in [1.54, 1.807) is 4.90 Å². The molecule has 1 aliphatic heterocycles. The Hall–Kier alpha value is -3.48. The van der Waals surface area contributed by atoms with E-state index in [0.717, 1.165) is 28.2 Å². The molecule has 7 heteroatoms. The van der Waals surface area contributed by atoms with Crippen LogP contribution in [0.2, 0.25) is 0 Å². The highest BCUT2D eigenvalue weighted by molar-refractivity contribution is 5.71. The lowest BCUT2D eigenvalue weighted by Crippen LogP contribution is -2.49. The maximum Gasteiger partial charge on any atom is 0.409 e. The van der Waals surface area contributed by atoms with Crippen molar-refractivity contribution in [3.05, 3.63) is 60.7 Å². The predicted octanol–water partition coefficient (Wildman–Crippen LogP) is 3.79. The van der Waals surface area contributed by atoms with Gasteiger partial charge < -0.3 is 14.5 Å². The van der Waals surface area contributed by atoms with Crippen molar-refractivity contribution in [1.82, 2.24) is 19.9 Å². The average molecular weight is 403 g/mol. The van der Waals surface area contributed by atoms with Gasteiger partial charge in [0.2, 0.25) is 0 Å². The number of piperazine rings is 1. The first-order chi connectivity index (χ1) is 14.6. The predicted molar refractivity (Wildman–Crippen MR) is 116 cm³/mol. The number of amides is 1. The SMILES string of the molecule is CCOC(=O)N1CCN(c2cc(-c3cncc(-c4ccccc4)c3)nc(C)n2)CC1. The Morgan fingerprint density at radius 1 is 0.967 bits per heavy atom. The van der Waals surface area contributed by atoms with E-state index in [2.05, 4.69) is 38.1 Å². The van der Waals surface area contributed by atoms with Crippen molar-refractivity contribution in [2.45, 2.75) is 13.8 Å². The van der Waals surface area contributed by atoms with Gasteiger partial charge >= 0.3 is 6.09 Å².